The molecule has 156 valence electrons. The molecule has 31 heavy (non-hydrogen) atoms. The van der Waals surface area contributed by atoms with E-state index in [4.69, 9.17) is 11.6 Å². The summed E-state index contributed by atoms with van der Waals surface area (Å²) in [5.74, 6) is -0.519. The van der Waals surface area contributed by atoms with Gasteiger partial charge in [-0.2, -0.15) is 0 Å². The highest BCUT2D eigenvalue weighted by Crippen LogP contribution is 2.27. The van der Waals surface area contributed by atoms with Gasteiger partial charge in [0.25, 0.3) is 15.9 Å². The smallest absolute Gasteiger partial charge is 0.261 e. The van der Waals surface area contributed by atoms with Crippen LogP contribution in [0.15, 0.2) is 83.3 Å². The molecule has 0 atom stereocenters. The molecule has 0 aliphatic carbocycles. The molecule has 0 saturated heterocycles. The van der Waals surface area contributed by atoms with Crippen molar-refractivity contribution in [1.82, 2.24) is 9.97 Å². The minimum atomic E-state index is -3.90. The van der Waals surface area contributed by atoms with E-state index in [0.29, 0.717) is 10.8 Å². The molecular formula is C21H15ClN4O3S2. The maximum atomic E-state index is 12.9. The summed E-state index contributed by atoms with van der Waals surface area (Å²) in [6, 6.07) is 15.9. The molecule has 1 amide bonds. The highest BCUT2D eigenvalue weighted by atomic mass is 35.5. The van der Waals surface area contributed by atoms with E-state index in [1.807, 2.05) is 6.07 Å². The number of halogens is 1. The van der Waals surface area contributed by atoms with Crippen LogP contribution in [0.25, 0.3) is 11.3 Å². The number of pyridine rings is 1. The van der Waals surface area contributed by atoms with Gasteiger partial charge in [0, 0.05) is 28.4 Å². The van der Waals surface area contributed by atoms with Gasteiger partial charge in [0.1, 0.15) is 0 Å². The van der Waals surface area contributed by atoms with Crippen molar-refractivity contribution >= 4 is 49.7 Å². The number of rotatable bonds is 6. The molecule has 0 saturated carbocycles. The molecule has 0 aliphatic rings. The number of nitrogens with zero attached hydrogens (tertiary/aromatic N) is 2. The molecule has 2 heterocycles. The van der Waals surface area contributed by atoms with Gasteiger partial charge in [-0.15, -0.1) is 11.3 Å². The van der Waals surface area contributed by atoms with Crippen LogP contribution < -0.4 is 10.0 Å². The summed E-state index contributed by atoms with van der Waals surface area (Å²) < 4.78 is 27.9. The van der Waals surface area contributed by atoms with Crippen molar-refractivity contribution in [2.24, 2.45) is 0 Å². The Kier molecular flexibility index (Phi) is 5.99. The van der Waals surface area contributed by atoms with Crippen LogP contribution in [0.3, 0.4) is 0 Å². The van der Waals surface area contributed by atoms with Crippen molar-refractivity contribution in [1.29, 1.82) is 0 Å². The van der Waals surface area contributed by atoms with Crippen molar-refractivity contribution in [3.63, 3.8) is 0 Å². The molecule has 2 aromatic carbocycles. The quantitative estimate of drug-likeness (QED) is 0.417. The molecule has 7 nitrogen and oxygen atoms in total. The molecule has 2 aromatic heterocycles. The number of amides is 1. The van der Waals surface area contributed by atoms with E-state index in [2.05, 4.69) is 20.0 Å². The van der Waals surface area contributed by atoms with Crippen molar-refractivity contribution in [3.05, 3.63) is 89.0 Å². The predicted octanol–water partition coefficient (Wildman–Crippen LogP) is 4.91. The number of hydrogen-bond donors (Lipinski definition) is 2. The van der Waals surface area contributed by atoms with Crippen LogP contribution in [0, 0.1) is 0 Å². The molecule has 0 aliphatic heterocycles. The van der Waals surface area contributed by atoms with Crippen LogP contribution >= 0.6 is 22.9 Å². The van der Waals surface area contributed by atoms with Gasteiger partial charge < -0.3 is 0 Å². The third-order valence-electron chi connectivity index (χ3n) is 4.21. The monoisotopic (exact) mass is 470 g/mol. The van der Waals surface area contributed by atoms with Gasteiger partial charge >= 0.3 is 0 Å². The first-order chi connectivity index (χ1) is 14.9. The van der Waals surface area contributed by atoms with Gasteiger partial charge in [0.05, 0.1) is 21.8 Å². The largest absolute Gasteiger partial charge is 0.298 e. The maximum Gasteiger partial charge on any atom is 0.261 e. The van der Waals surface area contributed by atoms with Crippen molar-refractivity contribution < 1.29 is 13.2 Å². The second-order valence-corrected chi connectivity index (χ2v) is 9.32. The lowest BCUT2D eigenvalue weighted by atomic mass is 10.1. The zero-order valence-electron chi connectivity index (χ0n) is 15.8. The Morgan fingerprint density at radius 3 is 2.58 bits per heavy atom. The molecule has 4 aromatic rings. The molecule has 10 heteroatoms. The van der Waals surface area contributed by atoms with Crippen LogP contribution in [-0.2, 0) is 10.0 Å². The zero-order chi connectivity index (χ0) is 21.8. The van der Waals surface area contributed by atoms with E-state index in [1.165, 1.54) is 41.7 Å². The van der Waals surface area contributed by atoms with E-state index < -0.39 is 15.9 Å². The van der Waals surface area contributed by atoms with E-state index >= 15 is 0 Å². The zero-order valence-corrected chi connectivity index (χ0v) is 18.2. The Labute approximate surface area is 187 Å². The first kappa shape index (κ1) is 21.0. The molecule has 0 bridgehead atoms. The third-order valence-corrected chi connectivity index (χ3v) is 6.58. The van der Waals surface area contributed by atoms with Crippen molar-refractivity contribution in [3.8, 4) is 11.3 Å². The summed E-state index contributed by atoms with van der Waals surface area (Å²) in [5.41, 5.74) is 1.68. The van der Waals surface area contributed by atoms with E-state index in [-0.39, 0.29) is 21.2 Å². The predicted molar refractivity (Wildman–Crippen MR) is 122 cm³/mol. The lowest BCUT2D eigenvalue weighted by molar-refractivity contribution is 0.102. The maximum absolute atomic E-state index is 12.9. The lowest BCUT2D eigenvalue weighted by Gasteiger charge is -2.12. The highest BCUT2D eigenvalue weighted by Gasteiger charge is 2.20. The normalized spacial score (nSPS) is 11.1. The Morgan fingerprint density at radius 1 is 1.03 bits per heavy atom. The van der Waals surface area contributed by atoms with Gasteiger partial charge in [0.2, 0.25) is 0 Å². The number of anilines is 2. The second kappa shape index (κ2) is 8.84. The number of benzene rings is 2. The van der Waals surface area contributed by atoms with E-state index in [1.54, 1.807) is 42.0 Å². The Bertz CT molecular complexity index is 1330. The van der Waals surface area contributed by atoms with E-state index in [0.717, 1.165) is 5.56 Å². The second-order valence-electron chi connectivity index (χ2n) is 6.34. The number of carbonyl (C=O) groups is 1. The minimum absolute atomic E-state index is 0.0675. The first-order valence-electron chi connectivity index (χ1n) is 8.97. The van der Waals surface area contributed by atoms with Gasteiger partial charge in [-0.05, 0) is 42.5 Å². The number of thiazole rings is 1. The molecular weight excluding hydrogens is 456 g/mol. The number of hydrogen-bond acceptors (Lipinski definition) is 6. The summed E-state index contributed by atoms with van der Waals surface area (Å²) in [7, 11) is -3.90. The van der Waals surface area contributed by atoms with Crippen LogP contribution in [-0.4, -0.2) is 24.3 Å². The fraction of sp³-hybridized carbons (Fsp3) is 0. The molecule has 2 N–H and O–H groups in total. The molecule has 0 radical (unpaired) electrons. The van der Waals surface area contributed by atoms with Gasteiger partial charge in [-0.1, -0.05) is 29.8 Å². The van der Waals surface area contributed by atoms with Gasteiger partial charge in [-0.3, -0.25) is 19.8 Å². The topological polar surface area (TPSA) is 101 Å². The first-order valence-corrected chi connectivity index (χ1v) is 11.7. The third kappa shape index (κ3) is 4.91. The van der Waals surface area contributed by atoms with Crippen LogP contribution in [0.2, 0.25) is 5.02 Å². The van der Waals surface area contributed by atoms with Crippen LogP contribution in [0.4, 0.5) is 10.8 Å². The Balaban J connectivity index is 1.59. The lowest BCUT2D eigenvalue weighted by Crippen LogP contribution is -2.18. The standard InChI is InChI=1S/C21H15ClN4O3S2/c22-15-8-9-17(18(11-15)26-31(28,29)16-6-2-1-3-7-16)20(27)25-21-24-19(13-30-21)14-5-4-10-23-12-14/h1-13,26H,(H,24,25,27). The summed E-state index contributed by atoms with van der Waals surface area (Å²) in [6.45, 7) is 0. The Hall–Kier alpha value is -3.27. The molecule has 4 rings (SSSR count). The van der Waals surface area contributed by atoms with Crippen molar-refractivity contribution in [2.75, 3.05) is 10.0 Å². The number of carbonyl (C=O) groups excluding carboxylic acids is 1. The molecule has 0 unspecified atom stereocenters. The van der Waals surface area contributed by atoms with E-state index in [9.17, 15) is 13.2 Å². The Morgan fingerprint density at radius 2 is 1.84 bits per heavy atom. The fourth-order valence-electron chi connectivity index (χ4n) is 2.74. The number of sulfonamides is 1. The van der Waals surface area contributed by atoms with Crippen LogP contribution in [0.5, 0.6) is 0 Å². The molecule has 0 fully saturated rings. The SMILES string of the molecule is O=C(Nc1nc(-c2cccnc2)cs1)c1ccc(Cl)cc1NS(=O)(=O)c1ccccc1. The summed E-state index contributed by atoms with van der Waals surface area (Å²) >= 11 is 7.30. The average Bonchev–Trinajstić information content (AvgIpc) is 3.23. The van der Waals surface area contributed by atoms with Gasteiger partial charge in [-0.25, -0.2) is 13.4 Å². The minimum Gasteiger partial charge on any atom is -0.298 e. The van der Waals surface area contributed by atoms with Crippen molar-refractivity contribution in [2.45, 2.75) is 4.90 Å². The van der Waals surface area contributed by atoms with Gasteiger partial charge in [0.15, 0.2) is 5.13 Å². The summed E-state index contributed by atoms with van der Waals surface area (Å²) in [5, 5.41) is 5.16. The summed E-state index contributed by atoms with van der Waals surface area (Å²) in [6.07, 6.45) is 3.34. The fourth-order valence-corrected chi connectivity index (χ4v) is 4.72. The molecule has 0 spiro atoms. The van der Waals surface area contributed by atoms with Crippen LogP contribution in [0.1, 0.15) is 10.4 Å². The highest BCUT2D eigenvalue weighted by molar-refractivity contribution is 7.92. The number of nitrogens with one attached hydrogen (secondary N) is 2. The average molecular weight is 471 g/mol. The summed E-state index contributed by atoms with van der Waals surface area (Å²) in [4.78, 5) is 21.4. The number of aromatic nitrogens is 2.